The van der Waals surface area contributed by atoms with E-state index in [0.29, 0.717) is 5.56 Å². The third kappa shape index (κ3) is 2.93. The second-order valence-corrected chi connectivity index (χ2v) is 5.76. The lowest BCUT2D eigenvalue weighted by Gasteiger charge is -2.11. The Hall–Kier alpha value is -1.62. The van der Waals surface area contributed by atoms with Crippen LogP contribution in [0.5, 0.6) is 0 Å². The molecule has 0 spiro atoms. The van der Waals surface area contributed by atoms with E-state index in [9.17, 15) is 4.79 Å². The molecule has 1 N–H and O–H groups in total. The normalized spacial score (nSPS) is 10.7. The van der Waals surface area contributed by atoms with Crippen molar-refractivity contribution in [1.29, 1.82) is 0 Å². The number of anilines is 1. The number of carbonyl (C=O) groups excluding carboxylic acids is 1. The summed E-state index contributed by atoms with van der Waals surface area (Å²) in [4.78, 5) is 12.4. The van der Waals surface area contributed by atoms with E-state index in [-0.39, 0.29) is 5.91 Å². The van der Waals surface area contributed by atoms with Gasteiger partial charge in [-0.1, -0.05) is 13.0 Å². The highest BCUT2D eigenvalue weighted by Gasteiger charge is 2.16. The highest BCUT2D eigenvalue weighted by Crippen LogP contribution is 2.28. The molecular weight excluding hydrogens is 318 g/mol. The first-order valence-corrected chi connectivity index (χ1v) is 7.32. The highest BCUT2D eigenvalue weighted by atomic mass is 79.9. The van der Waals surface area contributed by atoms with Gasteiger partial charge >= 0.3 is 0 Å². The van der Waals surface area contributed by atoms with Crippen molar-refractivity contribution in [2.75, 3.05) is 5.32 Å². The number of benzene rings is 1. The summed E-state index contributed by atoms with van der Waals surface area (Å²) in [6.45, 7) is 6.00. The van der Waals surface area contributed by atoms with Gasteiger partial charge in [-0.3, -0.25) is 9.48 Å². The summed E-state index contributed by atoms with van der Waals surface area (Å²) in [7, 11) is 1.82. The van der Waals surface area contributed by atoms with Crippen LogP contribution in [0.1, 0.15) is 34.1 Å². The lowest BCUT2D eigenvalue weighted by molar-refractivity contribution is 0.102. The Morgan fingerprint density at radius 2 is 2.10 bits per heavy atom. The van der Waals surface area contributed by atoms with Gasteiger partial charge in [-0.05, 0) is 53.4 Å². The molecule has 1 aromatic heterocycles. The molecule has 0 fully saturated rings. The van der Waals surface area contributed by atoms with Crippen molar-refractivity contribution in [2.45, 2.75) is 27.2 Å². The number of carbonyl (C=O) groups is 1. The van der Waals surface area contributed by atoms with Crippen LogP contribution in [-0.4, -0.2) is 15.7 Å². The minimum absolute atomic E-state index is 0.123. The van der Waals surface area contributed by atoms with Crippen LogP contribution in [0.15, 0.2) is 22.8 Å². The monoisotopic (exact) mass is 335 g/mol. The molecule has 4 nitrogen and oxygen atoms in total. The second-order valence-electron chi connectivity index (χ2n) is 4.91. The summed E-state index contributed by atoms with van der Waals surface area (Å²) >= 11 is 3.50. The Morgan fingerprint density at radius 1 is 1.40 bits per heavy atom. The maximum Gasteiger partial charge on any atom is 0.259 e. The van der Waals surface area contributed by atoms with Crippen LogP contribution in [-0.2, 0) is 13.5 Å². The maximum atomic E-state index is 12.4. The average Bonchev–Trinajstić information content (AvgIpc) is 2.75. The molecule has 20 heavy (non-hydrogen) atoms. The SMILES string of the molecule is CCc1nn(C)cc1C(=O)Nc1c(C)cc(C)cc1Br. The van der Waals surface area contributed by atoms with Crippen LogP contribution in [0.25, 0.3) is 0 Å². The van der Waals surface area contributed by atoms with E-state index in [0.717, 1.165) is 33.4 Å². The average molecular weight is 336 g/mol. The molecule has 1 heterocycles. The zero-order valence-electron chi connectivity index (χ0n) is 12.1. The van der Waals surface area contributed by atoms with Crippen molar-refractivity contribution in [3.63, 3.8) is 0 Å². The number of aromatic nitrogens is 2. The summed E-state index contributed by atoms with van der Waals surface area (Å²) < 4.78 is 2.57. The summed E-state index contributed by atoms with van der Waals surface area (Å²) in [6, 6.07) is 4.04. The molecule has 0 aliphatic heterocycles. The molecule has 106 valence electrons. The molecule has 5 heteroatoms. The van der Waals surface area contributed by atoms with Crippen LogP contribution in [0, 0.1) is 13.8 Å². The molecule has 0 aliphatic rings. The molecule has 1 amide bonds. The van der Waals surface area contributed by atoms with Crippen LogP contribution in [0.3, 0.4) is 0 Å². The summed E-state index contributed by atoms with van der Waals surface area (Å²) in [6.07, 6.45) is 2.49. The predicted octanol–water partition coefficient (Wildman–Crippen LogP) is 3.61. The van der Waals surface area contributed by atoms with Crippen molar-refractivity contribution in [1.82, 2.24) is 9.78 Å². The summed E-state index contributed by atoms with van der Waals surface area (Å²) in [5.41, 5.74) is 4.44. The van der Waals surface area contributed by atoms with E-state index in [4.69, 9.17) is 0 Å². The van der Waals surface area contributed by atoms with Gasteiger partial charge in [0.2, 0.25) is 0 Å². The number of hydrogen-bond donors (Lipinski definition) is 1. The number of halogens is 1. The Labute approximate surface area is 127 Å². The number of nitrogens with zero attached hydrogens (tertiary/aromatic N) is 2. The van der Waals surface area contributed by atoms with Crippen molar-refractivity contribution in [2.24, 2.45) is 7.05 Å². The molecule has 2 aromatic rings. The van der Waals surface area contributed by atoms with E-state index < -0.39 is 0 Å². The van der Waals surface area contributed by atoms with Gasteiger partial charge in [0, 0.05) is 17.7 Å². The van der Waals surface area contributed by atoms with Crippen molar-refractivity contribution in [3.05, 3.63) is 45.2 Å². The largest absolute Gasteiger partial charge is 0.321 e. The fraction of sp³-hybridized carbons (Fsp3) is 0.333. The van der Waals surface area contributed by atoms with Gasteiger partial charge in [0.15, 0.2) is 0 Å². The molecule has 0 radical (unpaired) electrons. The third-order valence-corrected chi connectivity index (χ3v) is 3.78. The van der Waals surface area contributed by atoms with Crippen LogP contribution < -0.4 is 5.32 Å². The van der Waals surface area contributed by atoms with E-state index in [2.05, 4.69) is 26.3 Å². The molecule has 0 saturated carbocycles. The van der Waals surface area contributed by atoms with E-state index >= 15 is 0 Å². The highest BCUT2D eigenvalue weighted by molar-refractivity contribution is 9.10. The Balaban J connectivity index is 2.32. The van der Waals surface area contributed by atoms with Crippen LogP contribution in [0.4, 0.5) is 5.69 Å². The van der Waals surface area contributed by atoms with Gasteiger partial charge < -0.3 is 5.32 Å². The minimum Gasteiger partial charge on any atom is -0.321 e. The number of hydrogen-bond acceptors (Lipinski definition) is 2. The number of rotatable bonds is 3. The third-order valence-electron chi connectivity index (χ3n) is 3.16. The van der Waals surface area contributed by atoms with E-state index in [1.54, 1.807) is 10.9 Å². The van der Waals surface area contributed by atoms with Gasteiger partial charge in [-0.2, -0.15) is 5.10 Å². The van der Waals surface area contributed by atoms with Crippen molar-refractivity contribution in [3.8, 4) is 0 Å². The second kappa shape index (κ2) is 5.79. The Kier molecular flexibility index (Phi) is 4.28. The molecule has 0 atom stereocenters. The van der Waals surface area contributed by atoms with Gasteiger partial charge in [-0.25, -0.2) is 0 Å². The lowest BCUT2D eigenvalue weighted by Crippen LogP contribution is -2.14. The predicted molar refractivity (Wildman–Crippen MR) is 84.2 cm³/mol. The lowest BCUT2D eigenvalue weighted by atomic mass is 10.1. The molecule has 0 aliphatic carbocycles. The first-order chi connectivity index (χ1) is 9.42. The van der Waals surface area contributed by atoms with Gasteiger partial charge in [-0.15, -0.1) is 0 Å². The standard InChI is InChI=1S/C15H18BrN3O/c1-5-13-11(8-19(4)18-13)15(20)17-14-10(3)6-9(2)7-12(14)16/h6-8H,5H2,1-4H3,(H,17,20). The van der Waals surface area contributed by atoms with Crippen LogP contribution in [0.2, 0.25) is 0 Å². The van der Waals surface area contributed by atoms with Crippen molar-refractivity contribution < 1.29 is 4.79 Å². The topological polar surface area (TPSA) is 46.9 Å². The Morgan fingerprint density at radius 3 is 2.70 bits per heavy atom. The van der Waals surface area contributed by atoms with E-state index in [1.165, 1.54) is 0 Å². The van der Waals surface area contributed by atoms with Gasteiger partial charge in [0.1, 0.15) is 0 Å². The number of nitrogens with one attached hydrogen (secondary N) is 1. The smallest absolute Gasteiger partial charge is 0.259 e. The van der Waals surface area contributed by atoms with Gasteiger partial charge in [0.05, 0.1) is 16.9 Å². The van der Waals surface area contributed by atoms with Gasteiger partial charge in [0.25, 0.3) is 5.91 Å². The minimum atomic E-state index is -0.123. The molecule has 0 unspecified atom stereocenters. The number of amides is 1. The first kappa shape index (κ1) is 14.8. The summed E-state index contributed by atoms with van der Waals surface area (Å²) in [5, 5.41) is 7.27. The molecular formula is C15H18BrN3O. The zero-order valence-corrected chi connectivity index (χ0v) is 13.7. The van der Waals surface area contributed by atoms with Crippen LogP contribution >= 0.6 is 15.9 Å². The zero-order chi connectivity index (χ0) is 14.9. The first-order valence-electron chi connectivity index (χ1n) is 6.53. The molecule has 0 saturated heterocycles. The van der Waals surface area contributed by atoms with E-state index in [1.807, 2.05) is 40.0 Å². The Bertz CT molecular complexity index is 638. The molecule has 0 bridgehead atoms. The fourth-order valence-corrected chi connectivity index (χ4v) is 3.01. The fourth-order valence-electron chi connectivity index (χ4n) is 2.24. The molecule has 1 aromatic carbocycles. The molecule has 2 rings (SSSR count). The van der Waals surface area contributed by atoms with Crippen molar-refractivity contribution >= 4 is 27.5 Å². The number of aryl methyl sites for hydroxylation is 4. The summed E-state index contributed by atoms with van der Waals surface area (Å²) in [5.74, 6) is -0.123. The maximum absolute atomic E-state index is 12.4. The quantitative estimate of drug-likeness (QED) is 0.931.